The van der Waals surface area contributed by atoms with Gasteiger partial charge in [0.05, 0.1) is 3.57 Å². The van der Waals surface area contributed by atoms with Crippen molar-refractivity contribution >= 4 is 28.9 Å². The van der Waals surface area contributed by atoms with Crippen LogP contribution in [0.3, 0.4) is 0 Å². The van der Waals surface area contributed by atoms with Gasteiger partial charge in [-0.25, -0.2) is 4.39 Å². The molecule has 1 aromatic carbocycles. The van der Waals surface area contributed by atoms with E-state index in [1.54, 1.807) is 6.07 Å². The van der Waals surface area contributed by atoms with Crippen molar-refractivity contribution in [2.24, 2.45) is 5.92 Å². The van der Waals surface area contributed by atoms with E-state index in [1.807, 2.05) is 35.6 Å². The number of rotatable bonds is 3. The fourth-order valence-electron chi connectivity index (χ4n) is 1.10. The molecule has 0 radical (unpaired) electrons. The van der Waals surface area contributed by atoms with Gasteiger partial charge in [-0.05, 0) is 40.6 Å². The van der Waals surface area contributed by atoms with Crippen molar-refractivity contribution < 1.29 is 9.18 Å². The van der Waals surface area contributed by atoms with Crippen LogP contribution in [0.15, 0.2) is 18.2 Å². The van der Waals surface area contributed by atoms with Gasteiger partial charge in [0.25, 0.3) is 0 Å². The summed E-state index contributed by atoms with van der Waals surface area (Å²) in [5, 5.41) is 0. The Hall–Kier alpha value is -0.450. The molecule has 3 heteroatoms. The average molecular weight is 292 g/mol. The van der Waals surface area contributed by atoms with Crippen molar-refractivity contribution in [1.29, 1.82) is 0 Å². The molecule has 0 aliphatic carbocycles. The molecule has 0 bridgehead atoms. The van der Waals surface area contributed by atoms with E-state index in [9.17, 15) is 9.18 Å². The molecule has 0 saturated carbocycles. The van der Waals surface area contributed by atoms with E-state index < -0.39 is 0 Å². The highest BCUT2D eigenvalue weighted by Crippen LogP contribution is 2.18. The minimum Gasteiger partial charge on any atom is -0.303 e. The lowest BCUT2D eigenvalue weighted by Crippen LogP contribution is -2.03. The van der Waals surface area contributed by atoms with E-state index in [0.717, 1.165) is 11.8 Å². The first-order valence-electron chi connectivity index (χ1n) is 4.03. The molecular weight excluding hydrogens is 282 g/mol. The van der Waals surface area contributed by atoms with E-state index in [1.165, 1.54) is 6.07 Å². The van der Waals surface area contributed by atoms with Crippen LogP contribution in [0, 0.1) is 15.3 Å². The van der Waals surface area contributed by atoms with Crippen molar-refractivity contribution in [1.82, 2.24) is 0 Å². The highest BCUT2D eigenvalue weighted by atomic mass is 127. The lowest BCUT2D eigenvalue weighted by molar-refractivity contribution is -0.110. The molecule has 0 N–H and O–H groups in total. The Morgan fingerprint density at radius 3 is 2.92 bits per heavy atom. The Kier molecular flexibility index (Phi) is 3.84. The summed E-state index contributed by atoms with van der Waals surface area (Å²) in [5.74, 6) is -0.258. The number of hydrogen-bond acceptors (Lipinski definition) is 1. The van der Waals surface area contributed by atoms with E-state index >= 15 is 0 Å². The Morgan fingerprint density at radius 2 is 2.31 bits per heavy atom. The van der Waals surface area contributed by atoms with Gasteiger partial charge in [0.2, 0.25) is 0 Å². The van der Waals surface area contributed by atoms with Crippen LogP contribution in [0.25, 0.3) is 0 Å². The van der Waals surface area contributed by atoms with Gasteiger partial charge in [-0.3, -0.25) is 0 Å². The summed E-state index contributed by atoms with van der Waals surface area (Å²) in [7, 11) is 0. The SMILES string of the molecule is CC(C=O)Cc1cccc(F)c1I. The maximum atomic E-state index is 13.0. The van der Waals surface area contributed by atoms with E-state index in [0.29, 0.717) is 9.99 Å². The standard InChI is InChI=1S/C10H10FIO/c1-7(6-13)5-8-3-2-4-9(11)10(8)12/h2-4,6-7H,5H2,1H3. The van der Waals surface area contributed by atoms with Gasteiger partial charge in [-0.2, -0.15) is 0 Å². The summed E-state index contributed by atoms with van der Waals surface area (Å²) in [6.07, 6.45) is 1.50. The van der Waals surface area contributed by atoms with E-state index in [4.69, 9.17) is 0 Å². The minimum absolute atomic E-state index is 0.0460. The lowest BCUT2D eigenvalue weighted by atomic mass is 10.0. The third-order valence-electron chi connectivity index (χ3n) is 1.81. The maximum Gasteiger partial charge on any atom is 0.136 e. The van der Waals surface area contributed by atoms with Gasteiger partial charge in [0.1, 0.15) is 12.1 Å². The molecule has 1 atom stereocenters. The van der Waals surface area contributed by atoms with Gasteiger partial charge >= 0.3 is 0 Å². The van der Waals surface area contributed by atoms with Crippen LogP contribution in [-0.4, -0.2) is 6.29 Å². The summed E-state index contributed by atoms with van der Waals surface area (Å²) in [6.45, 7) is 1.83. The molecular formula is C10H10FIO. The van der Waals surface area contributed by atoms with Crippen molar-refractivity contribution in [3.05, 3.63) is 33.1 Å². The van der Waals surface area contributed by atoms with Gasteiger partial charge in [0.15, 0.2) is 0 Å². The summed E-state index contributed by atoms with van der Waals surface area (Å²) in [6, 6.07) is 4.95. The molecule has 0 aromatic heterocycles. The summed E-state index contributed by atoms with van der Waals surface area (Å²) >= 11 is 1.96. The molecule has 0 spiro atoms. The molecule has 70 valence electrons. The van der Waals surface area contributed by atoms with Gasteiger partial charge < -0.3 is 4.79 Å². The first-order valence-corrected chi connectivity index (χ1v) is 5.11. The Balaban J connectivity index is 2.88. The van der Waals surface area contributed by atoms with Gasteiger partial charge in [0, 0.05) is 5.92 Å². The monoisotopic (exact) mass is 292 g/mol. The second kappa shape index (κ2) is 4.69. The fourth-order valence-corrected chi connectivity index (χ4v) is 1.68. The van der Waals surface area contributed by atoms with Crippen LogP contribution in [0.5, 0.6) is 0 Å². The van der Waals surface area contributed by atoms with Crippen molar-refractivity contribution in [3.63, 3.8) is 0 Å². The zero-order chi connectivity index (χ0) is 9.84. The van der Waals surface area contributed by atoms with Crippen molar-refractivity contribution in [2.45, 2.75) is 13.3 Å². The van der Waals surface area contributed by atoms with Crippen LogP contribution < -0.4 is 0 Å². The smallest absolute Gasteiger partial charge is 0.136 e. The molecule has 0 aliphatic heterocycles. The first kappa shape index (κ1) is 10.6. The highest BCUT2D eigenvalue weighted by molar-refractivity contribution is 14.1. The molecule has 0 aliphatic rings. The molecule has 0 saturated heterocycles. The van der Waals surface area contributed by atoms with Crippen LogP contribution in [0.2, 0.25) is 0 Å². The Labute approximate surface area is 90.5 Å². The average Bonchev–Trinajstić information content (AvgIpc) is 2.13. The second-order valence-corrected chi connectivity index (χ2v) is 4.11. The zero-order valence-corrected chi connectivity index (χ0v) is 9.42. The Bertz CT molecular complexity index is 312. The number of hydrogen-bond donors (Lipinski definition) is 0. The van der Waals surface area contributed by atoms with Crippen LogP contribution in [-0.2, 0) is 11.2 Å². The third-order valence-corrected chi connectivity index (χ3v) is 3.01. The zero-order valence-electron chi connectivity index (χ0n) is 7.26. The van der Waals surface area contributed by atoms with Gasteiger partial charge in [-0.15, -0.1) is 0 Å². The van der Waals surface area contributed by atoms with Gasteiger partial charge in [-0.1, -0.05) is 19.1 Å². The van der Waals surface area contributed by atoms with Crippen molar-refractivity contribution in [3.8, 4) is 0 Å². The number of aldehydes is 1. The van der Waals surface area contributed by atoms with Crippen LogP contribution >= 0.6 is 22.6 Å². The predicted octanol–water partition coefficient (Wildman–Crippen LogP) is 2.81. The molecule has 1 aromatic rings. The third kappa shape index (κ3) is 2.76. The normalized spacial score (nSPS) is 12.5. The quantitative estimate of drug-likeness (QED) is 0.618. The number of carbonyl (C=O) groups is 1. The molecule has 1 rings (SSSR count). The Morgan fingerprint density at radius 1 is 1.62 bits per heavy atom. The largest absolute Gasteiger partial charge is 0.303 e. The number of halogens is 2. The second-order valence-electron chi connectivity index (χ2n) is 3.03. The summed E-state index contributed by atoms with van der Waals surface area (Å²) < 4.78 is 13.7. The van der Waals surface area contributed by atoms with E-state index in [2.05, 4.69) is 0 Å². The molecule has 1 nitrogen and oxygen atoms in total. The molecule has 1 unspecified atom stereocenters. The number of carbonyl (C=O) groups excluding carboxylic acids is 1. The maximum absolute atomic E-state index is 13.0. The van der Waals surface area contributed by atoms with Crippen molar-refractivity contribution in [2.75, 3.05) is 0 Å². The van der Waals surface area contributed by atoms with Crippen LogP contribution in [0.1, 0.15) is 12.5 Å². The topological polar surface area (TPSA) is 17.1 Å². The minimum atomic E-state index is -0.212. The summed E-state index contributed by atoms with van der Waals surface area (Å²) in [5.41, 5.74) is 0.903. The lowest BCUT2D eigenvalue weighted by Gasteiger charge is -2.06. The molecule has 0 heterocycles. The first-order chi connectivity index (χ1) is 6.15. The highest BCUT2D eigenvalue weighted by Gasteiger charge is 2.08. The fraction of sp³-hybridized carbons (Fsp3) is 0.300. The molecule has 13 heavy (non-hydrogen) atoms. The molecule has 0 fully saturated rings. The van der Waals surface area contributed by atoms with E-state index in [-0.39, 0.29) is 11.7 Å². The predicted molar refractivity (Wildman–Crippen MR) is 58.0 cm³/mol. The van der Waals surface area contributed by atoms with Crippen LogP contribution in [0.4, 0.5) is 4.39 Å². The summed E-state index contributed by atoms with van der Waals surface area (Å²) in [4.78, 5) is 10.4. The number of benzene rings is 1. The molecule has 0 amide bonds.